The molecule has 5 rings (SSSR count). The number of aromatic nitrogens is 5. The lowest BCUT2D eigenvalue weighted by atomic mass is 10.1. The summed E-state index contributed by atoms with van der Waals surface area (Å²) in [5.41, 5.74) is 3.45. The molecule has 0 aliphatic carbocycles. The van der Waals surface area contributed by atoms with Crippen LogP contribution in [0, 0.1) is 0 Å². The molecule has 0 saturated carbocycles. The summed E-state index contributed by atoms with van der Waals surface area (Å²) in [4.78, 5) is 30.9. The number of ketones is 1. The van der Waals surface area contributed by atoms with Gasteiger partial charge in [0.1, 0.15) is 11.6 Å². The van der Waals surface area contributed by atoms with Crippen molar-refractivity contribution in [2.45, 2.75) is 6.42 Å². The van der Waals surface area contributed by atoms with Crippen LogP contribution in [0.15, 0.2) is 55.1 Å². The number of piperazine rings is 1. The van der Waals surface area contributed by atoms with Crippen molar-refractivity contribution in [2.24, 2.45) is 7.05 Å². The molecule has 8 heteroatoms. The number of nitrogens with zero attached hydrogens (tertiary/aromatic N) is 7. The SMILES string of the molecule is CN1CCN(c2ccc(C(=O)Cc3ncc4ccc(-c5cnn(C)c5)cc4n3)cn2)CC1. The maximum Gasteiger partial charge on any atom is 0.171 e. The Balaban J connectivity index is 1.31. The molecule has 8 nitrogen and oxygen atoms in total. The number of aryl methyl sites for hydroxylation is 1. The molecule has 0 N–H and O–H groups in total. The molecule has 0 amide bonds. The minimum atomic E-state index is -0.0369. The summed E-state index contributed by atoms with van der Waals surface area (Å²) in [6.45, 7) is 3.93. The van der Waals surface area contributed by atoms with Crippen LogP contribution in [0.2, 0.25) is 0 Å². The molecule has 162 valence electrons. The molecule has 4 heterocycles. The molecule has 0 radical (unpaired) electrons. The third kappa shape index (κ3) is 4.22. The first-order valence-corrected chi connectivity index (χ1v) is 10.7. The van der Waals surface area contributed by atoms with Gasteiger partial charge in [-0.3, -0.25) is 9.48 Å². The van der Waals surface area contributed by atoms with E-state index in [9.17, 15) is 4.79 Å². The minimum absolute atomic E-state index is 0.0369. The van der Waals surface area contributed by atoms with Gasteiger partial charge in [0.2, 0.25) is 0 Å². The largest absolute Gasteiger partial charge is 0.354 e. The number of anilines is 1. The Morgan fingerprint density at radius 3 is 2.50 bits per heavy atom. The van der Waals surface area contributed by atoms with E-state index >= 15 is 0 Å². The average molecular weight is 428 g/mol. The number of carbonyl (C=O) groups is 1. The van der Waals surface area contributed by atoms with Crippen molar-refractivity contribution < 1.29 is 4.79 Å². The Kier molecular flexibility index (Phi) is 5.36. The molecule has 4 aromatic rings. The van der Waals surface area contributed by atoms with Crippen LogP contribution in [0.4, 0.5) is 5.82 Å². The van der Waals surface area contributed by atoms with Crippen LogP contribution in [0.3, 0.4) is 0 Å². The highest BCUT2D eigenvalue weighted by Gasteiger charge is 2.16. The minimum Gasteiger partial charge on any atom is -0.354 e. The molecule has 3 aromatic heterocycles. The van der Waals surface area contributed by atoms with Gasteiger partial charge < -0.3 is 9.80 Å². The number of hydrogen-bond acceptors (Lipinski definition) is 7. The lowest BCUT2D eigenvalue weighted by molar-refractivity contribution is 0.0990. The van der Waals surface area contributed by atoms with Gasteiger partial charge in [-0.1, -0.05) is 12.1 Å². The summed E-state index contributed by atoms with van der Waals surface area (Å²) in [7, 11) is 4.02. The number of pyridine rings is 1. The van der Waals surface area contributed by atoms with E-state index in [1.807, 2.05) is 49.8 Å². The third-order valence-corrected chi connectivity index (χ3v) is 5.89. The molecule has 32 heavy (non-hydrogen) atoms. The van der Waals surface area contributed by atoms with Gasteiger partial charge in [-0.25, -0.2) is 15.0 Å². The zero-order chi connectivity index (χ0) is 22.1. The number of fused-ring (bicyclic) bond motifs is 1. The average Bonchev–Trinajstić information content (AvgIpc) is 3.25. The summed E-state index contributed by atoms with van der Waals surface area (Å²) in [5, 5.41) is 5.17. The molecule has 1 aliphatic heterocycles. The van der Waals surface area contributed by atoms with Crippen molar-refractivity contribution in [3.63, 3.8) is 0 Å². The number of Topliss-reactive ketones (excluding diaryl/α,β-unsaturated/α-hetero) is 1. The van der Waals surface area contributed by atoms with Crippen molar-refractivity contribution in [3.8, 4) is 11.1 Å². The Morgan fingerprint density at radius 1 is 0.938 bits per heavy atom. The van der Waals surface area contributed by atoms with Crippen LogP contribution in [-0.4, -0.2) is 68.6 Å². The van der Waals surface area contributed by atoms with E-state index in [-0.39, 0.29) is 12.2 Å². The van der Waals surface area contributed by atoms with Crippen LogP contribution >= 0.6 is 0 Å². The van der Waals surface area contributed by atoms with Gasteiger partial charge in [0.15, 0.2) is 5.78 Å². The van der Waals surface area contributed by atoms with E-state index in [2.05, 4.69) is 36.9 Å². The van der Waals surface area contributed by atoms with Gasteiger partial charge >= 0.3 is 0 Å². The highest BCUT2D eigenvalue weighted by molar-refractivity contribution is 5.97. The number of hydrogen-bond donors (Lipinski definition) is 0. The molecule has 1 fully saturated rings. The Labute approximate surface area is 186 Å². The zero-order valence-electron chi connectivity index (χ0n) is 18.3. The first-order chi connectivity index (χ1) is 15.5. The number of likely N-dealkylation sites (N-methyl/N-ethyl adjacent to an activating group) is 1. The summed E-state index contributed by atoms with van der Waals surface area (Å²) in [5.74, 6) is 1.39. The molecule has 0 spiro atoms. The number of rotatable bonds is 5. The molecule has 1 aliphatic rings. The van der Waals surface area contributed by atoms with Gasteiger partial charge in [-0.05, 0) is 30.8 Å². The molecule has 0 bridgehead atoms. The quantitative estimate of drug-likeness (QED) is 0.453. The summed E-state index contributed by atoms with van der Waals surface area (Å²) < 4.78 is 1.77. The molecular formula is C24H25N7O. The van der Waals surface area contributed by atoms with Crippen LogP contribution < -0.4 is 4.90 Å². The van der Waals surface area contributed by atoms with Gasteiger partial charge in [0, 0.05) is 68.3 Å². The van der Waals surface area contributed by atoms with Crippen LogP contribution in [0.5, 0.6) is 0 Å². The monoisotopic (exact) mass is 427 g/mol. The smallest absolute Gasteiger partial charge is 0.171 e. The van der Waals surface area contributed by atoms with E-state index in [1.54, 1.807) is 17.1 Å². The van der Waals surface area contributed by atoms with E-state index in [4.69, 9.17) is 0 Å². The van der Waals surface area contributed by atoms with E-state index in [1.165, 1.54) is 0 Å². The fraction of sp³-hybridized carbons (Fsp3) is 0.292. The fourth-order valence-corrected chi connectivity index (χ4v) is 3.92. The first kappa shape index (κ1) is 20.3. The number of carbonyl (C=O) groups excluding carboxylic acids is 1. The Hall–Kier alpha value is -3.65. The predicted octanol–water partition coefficient (Wildman–Crippen LogP) is 2.60. The van der Waals surface area contributed by atoms with Crippen molar-refractivity contribution in [1.29, 1.82) is 0 Å². The molecular weight excluding hydrogens is 402 g/mol. The molecule has 1 aromatic carbocycles. The Morgan fingerprint density at radius 2 is 1.78 bits per heavy atom. The standard InChI is InChI=1S/C24H25N7O/c1-29-7-9-31(10-8-29)24-6-5-19(14-26-24)22(32)12-23-25-13-18-4-3-17(11-21(18)28-23)20-15-27-30(2)16-20/h3-6,11,13-16H,7-10,12H2,1-2H3. The highest BCUT2D eigenvalue weighted by Crippen LogP contribution is 2.23. The normalized spacial score (nSPS) is 14.8. The summed E-state index contributed by atoms with van der Waals surface area (Å²) >= 11 is 0. The topological polar surface area (TPSA) is 80.0 Å². The van der Waals surface area contributed by atoms with E-state index in [0.717, 1.165) is 54.0 Å². The summed E-state index contributed by atoms with van der Waals surface area (Å²) in [6, 6.07) is 9.81. The predicted molar refractivity (Wildman–Crippen MR) is 124 cm³/mol. The van der Waals surface area contributed by atoms with Crippen molar-refractivity contribution in [2.75, 3.05) is 38.1 Å². The van der Waals surface area contributed by atoms with Gasteiger partial charge in [-0.2, -0.15) is 5.10 Å². The van der Waals surface area contributed by atoms with Crippen LogP contribution in [-0.2, 0) is 13.5 Å². The maximum absolute atomic E-state index is 12.8. The fourth-order valence-electron chi connectivity index (χ4n) is 3.92. The Bertz CT molecular complexity index is 1260. The van der Waals surface area contributed by atoms with Gasteiger partial charge in [0.25, 0.3) is 0 Å². The lowest BCUT2D eigenvalue weighted by Gasteiger charge is -2.33. The molecule has 0 atom stereocenters. The van der Waals surface area contributed by atoms with Crippen molar-refractivity contribution in [3.05, 3.63) is 66.5 Å². The van der Waals surface area contributed by atoms with Crippen LogP contribution in [0.1, 0.15) is 16.2 Å². The van der Waals surface area contributed by atoms with E-state index in [0.29, 0.717) is 11.4 Å². The van der Waals surface area contributed by atoms with Crippen LogP contribution in [0.25, 0.3) is 22.0 Å². The van der Waals surface area contributed by atoms with Crippen molar-refractivity contribution >= 4 is 22.5 Å². The second-order valence-electron chi connectivity index (χ2n) is 8.26. The third-order valence-electron chi connectivity index (χ3n) is 5.89. The summed E-state index contributed by atoms with van der Waals surface area (Å²) in [6.07, 6.45) is 7.37. The zero-order valence-corrected chi connectivity index (χ0v) is 18.3. The van der Waals surface area contributed by atoms with Gasteiger partial charge in [0.05, 0.1) is 18.1 Å². The highest BCUT2D eigenvalue weighted by atomic mass is 16.1. The lowest BCUT2D eigenvalue weighted by Crippen LogP contribution is -2.44. The van der Waals surface area contributed by atoms with E-state index < -0.39 is 0 Å². The molecule has 1 saturated heterocycles. The van der Waals surface area contributed by atoms with Crippen molar-refractivity contribution in [1.82, 2.24) is 29.6 Å². The second-order valence-corrected chi connectivity index (χ2v) is 8.26. The first-order valence-electron chi connectivity index (χ1n) is 10.7. The molecule has 0 unspecified atom stereocenters. The maximum atomic E-state index is 12.8. The second kappa shape index (κ2) is 8.47. The number of benzene rings is 1. The van der Waals surface area contributed by atoms with Gasteiger partial charge in [-0.15, -0.1) is 0 Å².